The molecule has 1 aromatic carbocycles. The van der Waals surface area contributed by atoms with Crippen LogP contribution < -0.4 is 0 Å². The van der Waals surface area contributed by atoms with Gasteiger partial charge in [0.25, 0.3) is 0 Å². The van der Waals surface area contributed by atoms with Gasteiger partial charge in [0.05, 0.1) is 23.6 Å². The number of ether oxygens (including phenoxy) is 1. The molecule has 4 nitrogen and oxygen atoms in total. The molecular weight excluding hydrogens is 240 g/mol. The predicted molar refractivity (Wildman–Crippen MR) is 75.1 cm³/mol. The lowest BCUT2D eigenvalue weighted by Gasteiger charge is -2.22. The van der Waals surface area contributed by atoms with Crippen molar-refractivity contribution >= 4 is 17.0 Å². The van der Waals surface area contributed by atoms with Crippen LogP contribution in [0.5, 0.6) is 0 Å². The van der Waals surface area contributed by atoms with E-state index < -0.39 is 5.41 Å². The fourth-order valence-electron chi connectivity index (χ4n) is 2.32. The van der Waals surface area contributed by atoms with Gasteiger partial charge in [-0.15, -0.1) is 0 Å². The van der Waals surface area contributed by atoms with Gasteiger partial charge in [0.2, 0.25) is 0 Å². The summed E-state index contributed by atoms with van der Waals surface area (Å²) in [5.74, 6) is 0.813. The Kier molecular flexibility index (Phi) is 3.35. The number of aromatic nitrogens is 2. The molecule has 0 spiro atoms. The summed E-state index contributed by atoms with van der Waals surface area (Å²) in [6, 6.07) is 5.94. The van der Waals surface area contributed by atoms with Gasteiger partial charge in [0.15, 0.2) is 0 Å². The first-order valence-corrected chi connectivity index (χ1v) is 6.46. The first kappa shape index (κ1) is 13.6. The van der Waals surface area contributed by atoms with Gasteiger partial charge in [-0.1, -0.05) is 13.0 Å². The van der Waals surface area contributed by atoms with Crippen LogP contribution in [-0.4, -0.2) is 22.6 Å². The molecule has 1 heterocycles. The Balaban J connectivity index is 2.58. The molecule has 0 fully saturated rings. The van der Waals surface area contributed by atoms with Crippen LogP contribution in [0.25, 0.3) is 11.0 Å². The van der Waals surface area contributed by atoms with Crippen LogP contribution in [0.1, 0.15) is 32.2 Å². The van der Waals surface area contributed by atoms with E-state index in [0.29, 0.717) is 0 Å². The average Bonchev–Trinajstić information content (AvgIpc) is 2.74. The summed E-state index contributed by atoms with van der Waals surface area (Å²) in [6.45, 7) is 5.83. The Morgan fingerprint density at radius 3 is 2.68 bits per heavy atom. The Bertz CT molecular complexity index is 626. The van der Waals surface area contributed by atoms with Crippen molar-refractivity contribution in [1.82, 2.24) is 9.55 Å². The fourth-order valence-corrected chi connectivity index (χ4v) is 2.32. The minimum Gasteiger partial charge on any atom is -0.468 e. The number of fused-ring (bicyclic) bond motifs is 1. The van der Waals surface area contributed by atoms with Crippen LogP contribution in [0.4, 0.5) is 0 Å². The number of imidazole rings is 1. The number of hydrogen-bond donors (Lipinski definition) is 0. The SMILES string of the molecule is CCc1nc2ccc(C(C)(C)C(=O)OC)cc2n1C. The summed E-state index contributed by atoms with van der Waals surface area (Å²) in [6.07, 6.45) is 0.890. The van der Waals surface area contributed by atoms with Crippen LogP contribution in [0.15, 0.2) is 18.2 Å². The highest BCUT2D eigenvalue weighted by molar-refractivity contribution is 5.85. The molecule has 0 radical (unpaired) electrons. The van der Waals surface area contributed by atoms with E-state index >= 15 is 0 Å². The Morgan fingerprint density at radius 1 is 1.42 bits per heavy atom. The monoisotopic (exact) mass is 260 g/mol. The highest BCUT2D eigenvalue weighted by Gasteiger charge is 2.31. The molecule has 102 valence electrons. The molecule has 2 rings (SSSR count). The van der Waals surface area contributed by atoms with E-state index in [-0.39, 0.29) is 5.97 Å². The van der Waals surface area contributed by atoms with Crippen LogP contribution >= 0.6 is 0 Å². The normalized spacial score (nSPS) is 11.8. The van der Waals surface area contributed by atoms with Crippen molar-refractivity contribution in [2.24, 2.45) is 7.05 Å². The molecule has 0 unspecified atom stereocenters. The van der Waals surface area contributed by atoms with E-state index in [9.17, 15) is 4.79 Å². The first-order valence-electron chi connectivity index (χ1n) is 6.46. The van der Waals surface area contributed by atoms with Crippen molar-refractivity contribution in [3.63, 3.8) is 0 Å². The van der Waals surface area contributed by atoms with Gasteiger partial charge in [-0.05, 0) is 31.5 Å². The molecule has 0 N–H and O–H groups in total. The zero-order valence-electron chi connectivity index (χ0n) is 12.2. The molecule has 0 aliphatic heterocycles. The third-order valence-corrected chi connectivity index (χ3v) is 3.71. The summed E-state index contributed by atoms with van der Waals surface area (Å²) in [5.41, 5.74) is 2.30. The largest absolute Gasteiger partial charge is 0.468 e. The van der Waals surface area contributed by atoms with Crippen LogP contribution in [0.3, 0.4) is 0 Å². The Morgan fingerprint density at radius 2 is 2.11 bits per heavy atom. The van der Waals surface area contributed by atoms with Gasteiger partial charge in [-0.25, -0.2) is 4.98 Å². The lowest BCUT2D eigenvalue weighted by Crippen LogP contribution is -2.30. The highest BCUT2D eigenvalue weighted by Crippen LogP contribution is 2.28. The third kappa shape index (κ3) is 2.11. The Labute approximate surface area is 113 Å². The van der Waals surface area contributed by atoms with E-state index in [0.717, 1.165) is 28.8 Å². The van der Waals surface area contributed by atoms with Gasteiger partial charge in [-0.2, -0.15) is 0 Å². The molecule has 0 aliphatic carbocycles. The van der Waals surface area contributed by atoms with Crippen LogP contribution in [-0.2, 0) is 28.4 Å². The second-order valence-electron chi connectivity index (χ2n) is 5.26. The molecule has 0 bridgehead atoms. The summed E-state index contributed by atoms with van der Waals surface area (Å²) in [5, 5.41) is 0. The molecule has 1 aromatic heterocycles. The molecule has 0 saturated carbocycles. The van der Waals surface area contributed by atoms with Gasteiger partial charge in [0, 0.05) is 13.5 Å². The first-order chi connectivity index (χ1) is 8.91. The predicted octanol–water partition coefficient (Wildman–Crippen LogP) is 2.59. The fraction of sp³-hybridized carbons (Fsp3) is 0.467. The number of methoxy groups -OCH3 is 1. The second-order valence-corrected chi connectivity index (χ2v) is 5.26. The molecule has 2 aromatic rings. The summed E-state index contributed by atoms with van der Waals surface area (Å²) in [7, 11) is 3.42. The van der Waals surface area contributed by atoms with Crippen molar-refractivity contribution in [1.29, 1.82) is 0 Å². The summed E-state index contributed by atoms with van der Waals surface area (Å²) >= 11 is 0. The molecule has 4 heteroatoms. The molecule has 0 saturated heterocycles. The van der Waals surface area contributed by atoms with Crippen LogP contribution in [0.2, 0.25) is 0 Å². The van der Waals surface area contributed by atoms with E-state index in [2.05, 4.69) is 16.5 Å². The standard InChI is InChI=1S/C15H20N2O2/c1-6-13-16-11-8-7-10(9-12(11)17(13)4)15(2,3)14(18)19-5/h7-9H,6H2,1-5H3. The zero-order chi connectivity index (χ0) is 14.2. The smallest absolute Gasteiger partial charge is 0.315 e. The number of rotatable bonds is 3. The minimum absolute atomic E-state index is 0.232. The lowest BCUT2D eigenvalue weighted by atomic mass is 9.84. The van der Waals surface area contributed by atoms with Gasteiger partial charge in [0.1, 0.15) is 5.82 Å². The highest BCUT2D eigenvalue weighted by atomic mass is 16.5. The molecule has 0 aliphatic rings. The van der Waals surface area contributed by atoms with Crippen molar-refractivity contribution in [2.45, 2.75) is 32.6 Å². The van der Waals surface area contributed by atoms with E-state index in [4.69, 9.17) is 4.74 Å². The maximum Gasteiger partial charge on any atom is 0.315 e. The Hall–Kier alpha value is -1.84. The van der Waals surface area contributed by atoms with Gasteiger partial charge >= 0.3 is 5.97 Å². The molecule has 0 amide bonds. The minimum atomic E-state index is -0.653. The number of benzene rings is 1. The van der Waals surface area contributed by atoms with Crippen molar-refractivity contribution in [3.05, 3.63) is 29.6 Å². The molecule has 19 heavy (non-hydrogen) atoms. The zero-order valence-corrected chi connectivity index (χ0v) is 12.2. The quantitative estimate of drug-likeness (QED) is 0.797. The molecule has 0 atom stereocenters. The average molecular weight is 260 g/mol. The third-order valence-electron chi connectivity index (χ3n) is 3.71. The van der Waals surface area contributed by atoms with Gasteiger partial charge < -0.3 is 9.30 Å². The van der Waals surface area contributed by atoms with E-state index in [1.165, 1.54) is 7.11 Å². The number of hydrogen-bond acceptors (Lipinski definition) is 3. The van der Waals surface area contributed by atoms with Gasteiger partial charge in [-0.3, -0.25) is 4.79 Å². The summed E-state index contributed by atoms with van der Waals surface area (Å²) < 4.78 is 6.95. The maximum absolute atomic E-state index is 11.9. The number of carbonyl (C=O) groups excluding carboxylic acids is 1. The van der Waals surface area contributed by atoms with Crippen molar-refractivity contribution in [2.75, 3.05) is 7.11 Å². The number of nitrogens with zero attached hydrogens (tertiary/aromatic N) is 2. The molecular formula is C15H20N2O2. The van der Waals surface area contributed by atoms with E-state index in [1.807, 2.05) is 39.1 Å². The topological polar surface area (TPSA) is 44.1 Å². The van der Waals surface area contributed by atoms with Crippen molar-refractivity contribution in [3.8, 4) is 0 Å². The number of aryl methyl sites for hydroxylation is 2. The number of esters is 1. The maximum atomic E-state index is 11.9. The second kappa shape index (κ2) is 4.68. The van der Waals surface area contributed by atoms with Crippen LogP contribution in [0, 0.1) is 0 Å². The number of carbonyl (C=O) groups is 1. The lowest BCUT2D eigenvalue weighted by molar-refractivity contribution is -0.146. The van der Waals surface area contributed by atoms with Crippen molar-refractivity contribution < 1.29 is 9.53 Å². The van der Waals surface area contributed by atoms with E-state index in [1.54, 1.807) is 0 Å². The summed E-state index contributed by atoms with van der Waals surface area (Å²) in [4.78, 5) is 16.4.